The van der Waals surface area contributed by atoms with Crippen LogP contribution in [0, 0.1) is 0 Å². The summed E-state index contributed by atoms with van der Waals surface area (Å²) >= 11 is 0. The average molecular weight is 278 g/mol. The molecule has 1 aliphatic heterocycles. The zero-order chi connectivity index (χ0) is 15.1. The van der Waals surface area contributed by atoms with Gasteiger partial charge in [-0.15, -0.1) is 0 Å². The third kappa shape index (κ3) is 2.62. The van der Waals surface area contributed by atoms with Crippen LogP contribution in [0.5, 0.6) is 0 Å². The maximum Gasteiger partial charge on any atom is 0.271 e. The summed E-state index contributed by atoms with van der Waals surface area (Å²) in [5, 5.41) is 0. The van der Waals surface area contributed by atoms with E-state index in [4.69, 9.17) is 4.74 Å². The number of methoxy groups -OCH3 is 1. The van der Waals surface area contributed by atoms with Crippen molar-refractivity contribution in [3.8, 4) is 0 Å². The van der Waals surface area contributed by atoms with Crippen molar-refractivity contribution in [1.82, 2.24) is 9.47 Å². The summed E-state index contributed by atoms with van der Waals surface area (Å²) in [6.07, 6.45) is 2.11. The highest BCUT2D eigenvalue weighted by atomic mass is 16.5. The van der Waals surface area contributed by atoms with Gasteiger partial charge in [0.2, 0.25) is 0 Å². The Morgan fingerprint density at radius 3 is 2.55 bits per heavy atom. The van der Waals surface area contributed by atoms with Gasteiger partial charge < -0.3 is 14.2 Å². The molecule has 1 aromatic heterocycles. The van der Waals surface area contributed by atoms with E-state index in [0.717, 1.165) is 12.2 Å². The molecule has 1 amide bonds. The largest absolute Gasteiger partial charge is 0.382 e. The molecule has 0 aliphatic carbocycles. The van der Waals surface area contributed by atoms with Gasteiger partial charge in [0.05, 0.1) is 12.6 Å². The summed E-state index contributed by atoms with van der Waals surface area (Å²) in [4.78, 5) is 14.8. The molecule has 1 aliphatic rings. The number of nitrogens with zero attached hydrogens (tertiary/aromatic N) is 2. The van der Waals surface area contributed by atoms with E-state index in [2.05, 4.69) is 45.4 Å². The van der Waals surface area contributed by atoms with Gasteiger partial charge in [-0.3, -0.25) is 4.79 Å². The van der Waals surface area contributed by atoms with E-state index in [0.29, 0.717) is 12.5 Å². The smallest absolute Gasteiger partial charge is 0.271 e. The monoisotopic (exact) mass is 278 g/mol. The normalized spacial score (nSPS) is 19.6. The molecule has 112 valence electrons. The zero-order valence-corrected chi connectivity index (χ0v) is 13.4. The van der Waals surface area contributed by atoms with Crippen LogP contribution in [0.25, 0.3) is 0 Å². The molecule has 2 heterocycles. The Bertz CT molecular complexity index is 497. The summed E-state index contributed by atoms with van der Waals surface area (Å²) < 4.78 is 7.40. The van der Waals surface area contributed by atoms with E-state index in [9.17, 15) is 4.79 Å². The Morgan fingerprint density at radius 1 is 1.40 bits per heavy atom. The molecule has 4 heteroatoms. The van der Waals surface area contributed by atoms with Gasteiger partial charge >= 0.3 is 0 Å². The van der Waals surface area contributed by atoms with Crippen LogP contribution >= 0.6 is 0 Å². The van der Waals surface area contributed by atoms with E-state index >= 15 is 0 Å². The van der Waals surface area contributed by atoms with E-state index < -0.39 is 0 Å². The summed E-state index contributed by atoms with van der Waals surface area (Å²) in [6, 6.07) is 2.13. The zero-order valence-electron chi connectivity index (χ0n) is 13.4. The van der Waals surface area contributed by atoms with Crippen molar-refractivity contribution < 1.29 is 9.53 Å². The van der Waals surface area contributed by atoms with Crippen molar-refractivity contribution in [2.24, 2.45) is 0 Å². The molecule has 0 bridgehead atoms. The lowest BCUT2D eigenvalue weighted by Crippen LogP contribution is -2.57. The third-order valence-electron chi connectivity index (χ3n) is 3.88. The number of fused-ring (bicyclic) bond motifs is 1. The minimum atomic E-state index is -0.201. The van der Waals surface area contributed by atoms with Gasteiger partial charge in [0, 0.05) is 25.4 Å². The maximum atomic E-state index is 12.8. The molecule has 0 radical (unpaired) electrons. The number of carbonyl (C=O) groups excluding carboxylic acids is 1. The van der Waals surface area contributed by atoms with E-state index in [1.165, 1.54) is 5.56 Å². The fraction of sp³-hybridized carbons (Fsp3) is 0.688. The molecular weight excluding hydrogens is 252 g/mol. The molecule has 2 rings (SSSR count). The summed E-state index contributed by atoms with van der Waals surface area (Å²) in [7, 11) is 1.69. The first-order valence-corrected chi connectivity index (χ1v) is 7.28. The first-order chi connectivity index (χ1) is 9.25. The molecule has 0 fully saturated rings. The van der Waals surface area contributed by atoms with Gasteiger partial charge in [0.1, 0.15) is 5.69 Å². The minimum absolute atomic E-state index is 0.0902. The highest BCUT2D eigenvalue weighted by Crippen LogP contribution is 2.29. The van der Waals surface area contributed by atoms with E-state index in [1.54, 1.807) is 7.11 Å². The molecule has 1 atom stereocenters. The summed E-state index contributed by atoms with van der Waals surface area (Å²) in [6.45, 7) is 11.9. The number of ether oxygens (including phenoxy) is 1. The minimum Gasteiger partial charge on any atom is -0.382 e. The van der Waals surface area contributed by atoms with Crippen molar-refractivity contribution in [2.75, 3.05) is 13.7 Å². The first kappa shape index (κ1) is 15.1. The lowest BCUT2D eigenvalue weighted by molar-refractivity contribution is 0.0108. The van der Waals surface area contributed by atoms with Gasteiger partial charge in [-0.1, -0.05) is 13.8 Å². The average Bonchev–Trinajstić information content (AvgIpc) is 2.72. The molecule has 0 spiro atoms. The Hall–Kier alpha value is -1.29. The highest BCUT2D eigenvalue weighted by Gasteiger charge is 2.39. The highest BCUT2D eigenvalue weighted by molar-refractivity contribution is 5.94. The van der Waals surface area contributed by atoms with Crippen LogP contribution < -0.4 is 0 Å². The second-order valence-corrected chi connectivity index (χ2v) is 6.92. The fourth-order valence-corrected chi connectivity index (χ4v) is 2.95. The van der Waals surface area contributed by atoms with Crippen LogP contribution in [0.1, 0.15) is 56.6 Å². The Morgan fingerprint density at radius 2 is 2.05 bits per heavy atom. The molecule has 0 N–H and O–H groups in total. The fourth-order valence-electron chi connectivity index (χ4n) is 2.95. The Balaban J connectivity index is 2.43. The lowest BCUT2D eigenvalue weighted by atomic mass is 9.99. The first-order valence-electron chi connectivity index (χ1n) is 7.28. The van der Waals surface area contributed by atoms with Crippen molar-refractivity contribution in [3.63, 3.8) is 0 Å². The van der Waals surface area contributed by atoms with Crippen LogP contribution in [0.3, 0.4) is 0 Å². The molecule has 0 saturated heterocycles. The Kier molecular flexibility index (Phi) is 3.96. The molecule has 1 aromatic rings. The number of aromatic nitrogens is 1. The molecule has 0 saturated carbocycles. The number of hydrogen-bond acceptors (Lipinski definition) is 2. The van der Waals surface area contributed by atoms with E-state index in [-0.39, 0.29) is 17.5 Å². The van der Waals surface area contributed by atoms with Crippen LogP contribution in [-0.4, -0.2) is 40.7 Å². The van der Waals surface area contributed by atoms with Crippen LogP contribution in [0.2, 0.25) is 0 Å². The summed E-state index contributed by atoms with van der Waals surface area (Å²) in [5.74, 6) is 0.544. The second kappa shape index (κ2) is 5.24. The second-order valence-electron chi connectivity index (χ2n) is 6.92. The topological polar surface area (TPSA) is 34.5 Å². The molecular formula is C16H26N2O2. The van der Waals surface area contributed by atoms with E-state index in [1.807, 2.05) is 11.0 Å². The predicted molar refractivity (Wildman–Crippen MR) is 80.1 cm³/mol. The third-order valence-corrected chi connectivity index (χ3v) is 3.88. The van der Waals surface area contributed by atoms with Crippen molar-refractivity contribution in [1.29, 1.82) is 0 Å². The molecule has 4 nitrogen and oxygen atoms in total. The van der Waals surface area contributed by atoms with Crippen molar-refractivity contribution in [3.05, 3.63) is 23.5 Å². The SMILES string of the molecule is COCC1Cn2cc(C(C)C)cc2C(=O)N1C(C)(C)C. The number of rotatable bonds is 3. The van der Waals surface area contributed by atoms with Gasteiger partial charge in [0.25, 0.3) is 5.91 Å². The van der Waals surface area contributed by atoms with Crippen LogP contribution in [0.4, 0.5) is 0 Å². The molecule has 1 unspecified atom stereocenters. The van der Waals surface area contributed by atoms with Gasteiger partial charge in [-0.2, -0.15) is 0 Å². The van der Waals surface area contributed by atoms with Gasteiger partial charge in [-0.25, -0.2) is 0 Å². The number of amides is 1. The lowest BCUT2D eigenvalue weighted by Gasteiger charge is -2.44. The molecule has 0 aromatic carbocycles. The summed E-state index contributed by atoms with van der Waals surface area (Å²) in [5.41, 5.74) is 1.82. The number of hydrogen-bond donors (Lipinski definition) is 0. The van der Waals surface area contributed by atoms with Crippen LogP contribution in [0.15, 0.2) is 12.3 Å². The van der Waals surface area contributed by atoms with Crippen LogP contribution in [-0.2, 0) is 11.3 Å². The standard InChI is InChI=1S/C16H26N2O2/c1-11(2)12-7-14-15(19)18(16(3,4)5)13(10-20-6)9-17(14)8-12/h7-8,11,13H,9-10H2,1-6H3. The van der Waals surface area contributed by atoms with Crippen molar-refractivity contribution in [2.45, 2.75) is 58.7 Å². The predicted octanol–water partition coefficient (Wildman–Crippen LogP) is 2.88. The quantitative estimate of drug-likeness (QED) is 0.852. The maximum absolute atomic E-state index is 12.8. The van der Waals surface area contributed by atoms with Crippen molar-refractivity contribution >= 4 is 5.91 Å². The van der Waals surface area contributed by atoms with Gasteiger partial charge in [-0.05, 0) is 38.3 Å². The number of carbonyl (C=O) groups is 1. The molecule has 20 heavy (non-hydrogen) atoms. The van der Waals surface area contributed by atoms with Gasteiger partial charge in [0.15, 0.2) is 0 Å². The Labute approximate surface area is 121 Å².